The third-order valence-corrected chi connectivity index (χ3v) is 3.63. The first kappa shape index (κ1) is 19.7. The van der Waals surface area contributed by atoms with E-state index in [1.54, 1.807) is 12.1 Å². The van der Waals surface area contributed by atoms with Crippen molar-refractivity contribution in [3.8, 4) is 5.75 Å². The number of anilines is 1. The van der Waals surface area contributed by atoms with Gasteiger partial charge in [0.15, 0.2) is 12.4 Å². The first-order valence-electron chi connectivity index (χ1n) is 8.12. The van der Waals surface area contributed by atoms with Gasteiger partial charge in [-0.3, -0.25) is 4.79 Å². The van der Waals surface area contributed by atoms with Crippen LogP contribution in [0.3, 0.4) is 0 Å². The average Bonchev–Trinajstić information content (AvgIpc) is 3.07. The van der Waals surface area contributed by atoms with E-state index >= 15 is 0 Å². The Bertz CT molecular complexity index is 763. The molecule has 0 saturated carbocycles. The van der Waals surface area contributed by atoms with E-state index in [1.165, 1.54) is 13.2 Å². The zero-order valence-electron chi connectivity index (χ0n) is 14.6. The molecule has 140 valence electrons. The van der Waals surface area contributed by atoms with Crippen LogP contribution in [-0.4, -0.2) is 35.7 Å². The van der Waals surface area contributed by atoms with Gasteiger partial charge < -0.3 is 19.3 Å². The van der Waals surface area contributed by atoms with Crippen molar-refractivity contribution in [2.45, 2.75) is 32.6 Å². The summed E-state index contributed by atoms with van der Waals surface area (Å²) < 4.78 is 14.8. The van der Waals surface area contributed by atoms with Crippen molar-refractivity contribution in [3.63, 3.8) is 0 Å². The van der Waals surface area contributed by atoms with Gasteiger partial charge in [-0.1, -0.05) is 23.7 Å². The fraction of sp³-hybridized carbons (Fsp3) is 0.412. The Morgan fingerprint density at radius 2 is 2.12 bits per heavy atom. The maximum Gasteiger partial charge on any atom is 0.343 e. The Kier molecular flexibility index (Phi) is 7.40. The number of halogens is 1. The van der Waals surface area contributed by atoms with Crippen molar-refractivity contribution in [2.75, 3.05) is 19.0 Å². The molecule has 8 nitrogen and oxygen atoms in total. The van der Waals surface area contributed by atoms with Gasteiger partial charge in [0.05, 0.1) is 12.1 Å². The number of aryl methyl sites for hydroxylation is 2. The van der Waals surface area contributed by atoms with E-state index in [1.807, 2.05) is 6.92 Å². The van der Waals surface area contributed by atoms with Gasteiger partial charge in [0.1, 0.15) is 5.75 Å². The SMILES string of the molecule is CCCc1noc(CCC(=O)Nc2ccc(OCC(=O)OC)c(Cl)c2)n1. The summed E-state index contributed by atoms with van der Waals surface area (Å²) in [5.74, 6) is 0.691. The molecule has 0 bridgehead atoms. The van der Waals surface area contributed by atoms with Gasteiger partial charge in [-0.05, 0) is 24.6 Å². The number of carbonyl (C=O) groups is 2. The number of esters is 1. The molecule has 0 radical (unpaired) electrons. The number of nitrogens with zero attached hydrogens (tertiary/aromatic N) is 2. The molecule has 0 aliphatic heterocycles. The molecule has 1 N–H and O–H groups in total. The van der Waals surface area contributed by atoms with E-state index in [0.717, 1.165) is 12.8 Å². The zero-order valence-corrected chi connectivity index (χ0v) is 15.3. The van der Waals surface area contributed by atoms with Crippen LogP contribution in [0.2, 0.25) is 5.02 Å². The summed E-state index contributed by atoms with van der Waals surface area (Å²) in [7, 11) is 1.27. The molecule has 1 aromatic heterocycles. The quantitative estimate of drug-likeness (QED) is 0.666. The van der Waals surface area contributed by atoms with Gasteiger partial charge in [0, 0.05) is 24.9 Å². The molecule has 0 unspecified atom stereocenters. The van der Waals surface area contributed by atoms with Crippen LogP contribution in [0, 0.1) is 0 Å². The lowest BCUT2D eigenvalue weighted by molar-refractivity contribution is -0.142. The number of hydrogen-bond acceptors (Lipinski definition) is 7. The van der Waals surface area contributed by atoms with Gasteiger partial charge in [-0.25, -0.2) is 4.79 Å². The standard InChI is InChI=1S/C17H20ClN3O5/c1-3-4-14-20-16(26-21-14)8-7-15(22)19-11-5-6-13(12(18)9-11)25-10-17(23)24-2/h5-6,9H,3-4,7-8,10H2,1-2H3,(H,19,22). The van der Waals surface area contributed by atoms with Gasteiger partial charge in [-0.15, -0.1) is 0 Å². The molecule has 0 aliphatic carbocycles. The minimum absolute atomic E-state index is 0.200. The van der Waals surface area contributed by atoms with E-state index in [0.29, 0.717) is 29.6 Å². The summed E-state index contributed by atoms with van der Waals surface area (Å²) in [6, 6.07) is 4.73. The van der Waals surface area contributed by atoms with Gasteiger partial charge >= 0.3 is 5.97 Å². The molecular formula is C17H20ClN3O5. The predicted molar refractivity (Wildman–Crippen MR) is 94.2 cm³/mol. The fourth-order valence-electron chi connectivity index (χ4n) is 2.05. The normalized spacial score (nSPS) is 10.4. The molecule has 1 amide bonds. The third kappa shape index (κ3) is 6.03. The Hall–Kier alpha value is -2.61. The highest BCUT2D eigenvalue weighted by Crippen LogP contribution is 2.27. The average molecular weight is 382 g/mol. The number of carbonyl (C=O) groups excluding carboxylic acids is 2. The molecule has 2 rings (SSSR count). The number of methoxy groups -OCH3 is 1. The van der Waals surface area contributed by atoms with Crippen molar-refractivity contribution in [2.24, 2.45) is 0 Å². The van der Waals surface area contributed by atoms with Crippen LogP contribution in [0.4, 0.5) is 5.69 Å². The molecule has 0 saturated heterocycles. The molecule has 0 aliphatic rings. The van der Waals surface area contributed by atoms with Crippen LogP contribution in [0.5, 0.6) is 5.75 Å². The van der Waals surface area contributed by atoms with Crippen molar-refractivity contribution in [1.29, 1.82) is 0 Å². The summed E-state index contributed by atoms with van der Waals surface area (Å²) in [6.07, 6.45) is 2.24. The molecule has 1 heterocycles. The summed E-state index contributed by atoms with van der Waals surface area (Å²) in [6.45, 7) is 1.78. The minimum atomic E-state index is -0.512. The van der Waals surface area contributed by atoms with Crippen molar-refractivity contribution in [3.05, 3.63) is 34.9 Å². The lowest BCUT2D eigenvalue weighted by Gasteiger charge is -2.09. The van der Waals surface area contributed by atoms with Crippen molar-refractivity contribution >= 4 is 29.2 Å². The highest BCUT2D eigenvalue weighted by atomic mass is 35.5. The van der Waals surface area contributed by atoms with E-state index in [-0.39, 0.29) is 24.0 Å². The third-order valence-electron chi connectivity index (χ3n) is 3.34. The Morgan fingerprint density at radius 3 is 2.81 bits per heavy atom. The lowest BCUT2D eigenvalue weighted by Crippen LogP contribution is -2.14. The minimum Gasteiger partial charge on any atom is -0.480 e. The Balaban J connectivity index is 1.84. The summed E-state index contributed by atoms with van der Waals surface area (Å²) in [4.78, 5) is 27.3. The highest BCUT2D eigenvalue weighted by molar-refractivity contribution is 6.32. The summed E-state index contributed by atoms with van der Waals surface area (Å²) in [5, 5.41) is 6.84. The van der Waals surface area contributed by atoms with Crippen LogP contribution >= 0.6 is 11.6 Å². The molecular weight excluding hydrogens is 362 g/mol. The van der Waals surface area contributed by atoms with Gasteiger partial charge in [0.25, 0.3) is 0 Å². The molecule has 2 aromatic rings. The van der Waals surface area contributed by atoms with Gasteiger partial charge in [0.2, 0.25) is 11.8 Å². The number of benzene rings is 1. The molecule has 0 fully saturated rings. The van der Waals surface area contributed by atoms with E-state index in [9.17, 15) is 9.59 Å². The van der Waals surface area contributed by atoms with Crippen LogP contribution in [0.1, 0.15) is 31.5 Å². The lowest BCUT2D eigenvalue weighted by atomic mass is 10.2. The monoisotopic (exact) mass is 381 g/mol. The van der Waals surface area contributed by atoms with E-state index < -0.39 is 5.97 Å². The van der Waals surface area contributed by atoms with E-state index in [2.05, 4.69) is 20.2 Å². The van der Waals surface area contributed by atoms with Crippen LogP contribution in [0.25, 0.3) is 0 Å². The second kappa shape index (κ2) is 9.76. The summed E-state index contributed by atoms with van der Waals surface area (Å²) in [5.41, 5.74) is 0.516. The number of aromatic nitrogens is 2. The molecule has 9 heteroatoms. The fourth-order valence-corrected chi connectivity index (χ4v) is 2.29. The number of nitrogens with one attached hydrogen (secondary N) is 1. The Labute approximate surface area is 155 Å². The van der Waals surface area contributed by atoms with Crippen LogP contribution < -0.4 is 10.1 Å². The number of rotatable bonds is 9. The second-order valence-electron chi connectivity index (χ2n) is 5.41. The molecule has 26 heavy (non-hydrogen) atoms. The molecule has 1 aromatic carbocycles. The number of amides is 1. The maximum atomic E-state index is 12.0. The predicted octanol–water partition coefficient (Wildman–Crippen LogP) is 2.80. The molecule has 0 spiro atoms. The van der Waals surface area contributed by atoms with Crippen LogP contribution in [-0.2, 0) is 27.2 Å². The van der Waals surface area contributed by atoms with E-state index in [4.69, 9.17) is 20.9 Å². The second-order valence-corrected chi connectivity index (χ2v) is 5.82. The number of hydrogen-bond donors (Lipinski definition) is 1. The van der Waals surface area contributed by atoms with Crippen molar-refractivity contribution in [1.82, 2.24) is 10.1 Å². The first-order valence-corrected chi connectivity index (χ1v) is 8.50. The van der Waals surface area contributed by atoms with Crippen molar-refractivity contribution < 1.29 is 23.6 Å². The maximum absolute atomic E-state index is 12.0. The Morgan fingerprint density at radius 1 is 1.31 bits per heavy atom. The number of ether oxygens (including phenoxy) is 2. The largest absolute Gasteiger partial charge is 0.480 e. The highest BCUT2D eigenvalue weighted by Gasteiger charge is 2.11. The topological polar surface area (TPSA) is 104 Å². The molecule has 0 atom stereocenters. The van der Waals surface area contributed by atoms with Crippen LogP contribution in [0.15, 0.2) is 22.7 Å². The van der Waals surface area contributed by atoms with Gasteiger partial charge in [-0.2, -0.15) is 4.98 Å². The first-order chi connectivity index (χ1) is 12.5. The smallest absolute Gasteiger partial charge is 0.343 e. The summed E-state index contributed by atoms with van der Waals surface area (Å²) >= 11 is 6.08. The zero-order chi connectivity index (χ0) is 18.9.